The molecule has 0 radical (unpaired) electrons. The molecule has 140 valence electrons. The van der Waals surface area contributed by atoms with Crippen LogP contribution in [0.2, 0.25) is 0 Å². The number of anilines is 3. The van der Waals surface area contributed by atoms with E-state index in [0.717, 1.165) is 11.9 Å². The maximum Gasteiger partial charge on any atom is 0.433 e. The van der Waals surface area contributed by atoms with Gasteiger partial charge in [0.25, 0.3) is 0 Å². The maximum absolute atomic E-state index is 13.1. The minimum Gasteiger partial charge on any atom is -0.363 e. The highest BCUT2D eigenvalue weighted by molar-refractivity contribution is 5.47. The Kier molecular flexibility index (Phi) is 4.84. The van der Waals surface area contributed by atoms with Crippen LogP contribution in [-0.2, 0) is 6.18 Å². The molecule has 7 nitrogen and oxygen atoms in total. The monoisotopic (exact) mass is 367 g/mol. The topological polar surface area (TPSA) is 61.3 Å². The first kappa shape index (κ1) is 18.2. The van der Waals surface area contributed by atoms with E-state index in [1.165, 1.54) is 0 Å². The van der Waals surface area contributed by atoms with Gasteiger partial charge >= 0.3 is 6.18 Å². The first-order valence-corrected chi connectivity index (χ1v) is 8.17. The molecule has 0 aliphatic carbocycles. The summed E-state index contributed by atoms with van der Waals surface area (Å²) in [6.07, 6.45) is -2.81. The molecule has 0 spiro atoms. The van der Waals surface area contributed by atoms with Crippen molar-refractivity contribution >= 4 is 17.6 Å². The summed E-state index contributed by atoms with van der Waals surface area (Å²) in [6, 6.07) is 2.79. The number of alkyl halides is 3. The molecule has 0 N–H and O–H groups in total. The predicted octanol–water partition coefficient (Wildman–Crippen LogP) is 1.99. The average Bonchev–Trinajstić information content (AvgIpc) is 2.61. The Labute approximate surface area is 149 Å². The molecular formula is C16H20F3N7. The van der Waals surface area contributed by atoms with E-state index >= 15 is 0 Å². The van der Waals surface area contributed by atoms with Crippen molar-refractivity contribution in [3.63, 3.8) is 0 Å². The largest absolute Gasteiger partial charge is 0.433 e. The first-order valence-electron chi connectivity index (χ1n) is 8.17. The van der Waals surface area contributed by atoms with E-state index in [-0.39, 0.29) is 11.8 Å². The predicted molar refractivity (Wildman–Crippen MR) is 92.6 cm³/mol. The van der Waals surface area contributed by atoms with Crippen molar-refractivity contribution in [2.24, 2.45) is 0 Å². The highest BCUT2D eigenvalue weighted by Gasteiger charge is 2.35. The van der Waals surface area contributed by atoms with Crippen LogP contribution in [0.5, 0.6) is 0 Å². The summed E-state index contributed by atoms with van der Waals surface area (Å²) in [7, 11) is 3.31. The molecule has 1 aliphatic rings. The Morgan fingerprint density at radius 3 is 2.23 bits per heavy atom. The number of aryl methyl sites for hydroxylation is 1. The molecule has 0 aromatic carbocycles. The molecule has 3 heterocycles. The minimum absolute atomic E-state index is 0.0991. The van der Waals surface area contributed by atoms with Crippen molar-refractivity contribution in [3.8, 4) is 0 Å². The van der Waals surface area contributed by atoms with Gasteiger partial charge in [0, 0.05) is 52.5 Å². The number of nitrogens with zero attached hydrogens (tertiary/aromatic N) is 7. The quantitative estimate of drug-likeness (QED) is 0.822. The fraction of sp³-hybridized carbons (Fsp3) is 0.500. The van der Waals surface area contributed by atoms with Crippen LogP contribution >= 0.6 is 0 Å². The molecule has 1 fully saturated rings. The summed E-state index contributed by atoms with van der Waals surface area (Å²) in [5.41, 5.74) is -0.931. The Bertz CT molecular complexity index is 771. The van der Waals surface area contributed by atoms with E-state index in [4.69, 9.17) is 0 Å². The van der Waals surface area contributed by atoms with Gasteiger partial charge in [-0.15, -0.1) is 0 Å². The third-order valence-electron chi connectivity index (χ3n) is 4.10. The molecule has 0 unspecified atom stereocenters. The van der Waals surface area contributed by atoms with Gasteiger partial charge in [-0.2, -0.15) is 18.2 Å². The molecule has 2 aromatic heterocycles. The minimum atomic E-state index is -4.51. The number of piperazine rings is 1. The second-order valence-corrected chi connectivity index (χ2v) is 6.24. The van der Waals surface area contributed by atoms with E-state index in [0.29, 0.717) is 32.0 Å². The highest BCUT2D eigenvalue weighted by atomic mass is 19.4. The molecule has 10 heteroatoms. The van der Waals surface area contributed by atoms with Gasteiger partial charge in [0.15, 0.2) is 5.69 Å². The second-order valence-electron chi connectivity index (χ2n) is 6.24. The molecule has 26 heavy (non-hydrogen) atoms. The number of rotatable bonds is 3. The summed E-state index contributed by atoms with van der Waals surface area (Å²) >= 11 is 0. The summed E-state index contributed by atoms with van der Waals surface area (Å²) < 4.78 is 39.4. The van der Waals surface area contributed by atoms with Crippen LogP contribution in [0.4, 0.5) is 30.8 Å². The average molecular weight is 367 g/mol. The molecule has 0 amide bonds. The van der Waals surface area contributed by atoms with Crippen LogP contribution in [0.15, 0.2) is 18.3 Å². The van der Waals surface area contributed by atoms with Crippen molar-refractivity contribution in [2.45, 2.75) is 13.1 Å². The normalized spacial score (nSPS) is 15.3. The van der Waals surface area contributed by atoms with Crippen LogP contribution < -0.4 is 14.7 Å². The van der Waals surface area contributed by atoms with Gasteiger partial charge in [-0.3, -0.25) is 0 Å². The van der Waals surface area contributed by atoms with Gasteiger partial charge in [-0.25, -0.2) is 15.0 Å². The fourth-order valence-electron chi connectivity index (χ4n) is 2.69. The summed E-state index contributed by atoms with van der Waals surface area (Å²) in [5, 5.41) is 0. The van der Waals surface area contributed by atoms with Crippen LogP contribution in [-0.4, -0.2) is 60.2 Å². The third-order valence-corrected chi connectivity index (χ3v) is 4.10. The Balaban J connectivity index is 1.79. The van der Waals surface area contributed by atoms with Crippen LogP contribution in [0, 0.1) is 6.92 Å². The van der Waals surface area contributed by atoms with Crippen molar-refractivity contribution in [3.05, 3.63) is 29.8 Å². The zero-order valence-corrected chi connectivity index (χ0v) is 14.8. The van der Waals surface area contributed by atoms with Gasteiger partial charge in [-0.1, -0.05) is 0 Å². The van der Waals surface area contributed by atoms with Crippen molar-refractivity contribution in [2.75, 3.05) is 55.0 Å². The fourth-order valence-corrected chi connectivity index (χ4v) is 2.69. The molecule has 3 rings (SSSR count). The summed E-state index contributed by atoms with van der Waals surface area (Å²) in [5.74, 6) is 1.83. The van der Waals surface area contributed by atoms with Crippen molar-refractivity contribution < 1.29 is 13.2 Å². The smallest absolute Gasteiger partial charge is 0.363 e. The number of aromatic nitrogens is 4. The Morgan fingerprint density at radius 2 is 1.65 bits per heavy atom. The van der Waals surface area contributed by atoms with Crippen molar-refractivity contribution in [1.29, 1.82) is 0 Å². The van der Waals surface area contributed by atoms with E-state index in [1.54, 1.807) is 30.1 Å². The van der Waals surface area contributed by atoms with Gasteiger partial charge < -0.3 is 14.7 Å². The van der Waals surface area contributed by atoms with Gasteiger partial charge in [0.05, 0.1) is 0 Å². The van der Waals surface area contributed by atoms with Crippen LogP contribution in [0.3, 0.4) is 0 Å². The molecule has 1 aliphatic heterocycles. The van der Waals surface area contributed by atoms with Crippen LogP contribution in [0.1, 0.15) is 11.5 Å². The zero-order chi connectivity index (χ0) is 18.9. The number of hydrogen-bond acceptors (Lipinski definition) is 7. The first-order chi connectivity index (χ1) is 12.2. The van der Waals surface area contributed by atoms with E-state index in [2.05, 4.69) is 24.8 Å². The maximum atomic E-state index is 13.1. The van der Waals surface area contributed by atoms with Crippen molar-refractivity contribution in [1.82, 2.24) is 19.9 Å². The molecular weight excluding hydrogens is 347 g/mol. The molecule has 1 saturated heterocycles. The SMILES string of the molecule is Cc1nccc(N2CCN(c3nc(N(C)C)cc(C(F)(F)F)n3)CC2)n1. The Morgan fingerprint density at radius 1 is 1.00 bits per heavy atom. The van der Waals surface area contributed by atoms with E-state index < -0.39 is 11.9 Å². The van der Waals surface area contributed by atoms with Gasteiger partial charge in [0.1, 0.15) is 17.5 Å². The molecule has 2 aromatic rings. The number of hydrogen-bond donors (Lipinski definition) is 0. The lowest BCUT2D eigenvalue weighted by molar-refractivity contribution is -0.141. The van der Waals surface area contributed by atoms with E-state index in [1.807, 2.05) is 13.0 Å². The molecule has 0 bridgehead atoms. The zero-order valence-electron chi connectivity index (χ0n) is 14.8. The molecule has 0 atom stereocenters. The lowest BCUT2D eigenvalue weighted by atomic mass is 10.3. The Hall–Kier alpha value is -2.65. The standard InChI is InChI=1S/C16H20F3N7/c1-11-20-5-4-13(21-11)25-6-8-26(9-7-25)15-22-12(16(17,18)19)10-14(23-15)24(2)3/h4-5,10H,6-9H2,1-3H3. The van der Waals surface area contributed by atoms with Gasteiger partial charge in [-0.05, 0) is 13.0 Å². The lowest BCUT2D eigenvalue weighted by Gasteiger charge is -2.35. The van der Waals surface area contributed by atoms with E-state index in [9.17, 15) is 13.2 Å². The third kappa shape index (κ3) is 3.94. The van der Waals surface area contributed by atoms with Crippen LogP contribution in [0.25, 0.3) is 0 Å². The summed E-state index contributed by atoms with van der Waals surface area (Å²) in [4.78, 5) is 21.9. The summed E-state index contributed by atoms with van der Waals surface area (Å²) in [6.45, 7) is 4.08. The highest BCUT2D eigenvalue weighted by Crippen LogP contribution is 2.31. The van der Waals surface area contributed by atoms with Gasteiger partial charge in [0.2, 0.25) is 5.95 Å². The number of halogens is 3. The molecule has 0 saturated carbocycles. The lowest BCUT2D eigenvalue weighted by Crippen LogP contribution is -2.47. The second kappa shape index (κ2) is 6.93.